The van der Waals surface area contributed by atoms with Crippen LogP contribution in [0.15, 0.2) is 73.1 Å². The third kappa shape index (κ3) is 11.3. The van der Waals surface area contributed by atoms with Gasteiger partial charge in [-0.25, -0.2) is 0 Å². The number of ether oxygens (including phenoxy) is 1. The molecule has 0 saturated carbocycles. The number of allylic oxidation sites excluding steroid dienone is 7. The average molecular weight is 274 g/mol. The first-order valence-corrected chi connectivity index (χ1v) is 7.00. The Labute approximate surface area is 125 Å². The topological polar surface area (TPSA) is 9.23 Å². The summed E-state index contributed by atoms with van der Waals surface area (Å²) in [6.45, 7) is 23.9. The van der Waals surface area contributed by atoms with Gasteiger partial charge in [0, 0.05) is 0 Å². The Kier molecular flexibility index (Phi) is 12.6. The summed E-state index contributed by atoms with van der Waals surface area (Å²) in [5.74, 6) is 1.08. The first kappa shape index (κ1) is 20.6. The van der Waals surface area contributed by atoms with Gasteiger partial charge in [0.05, 0.1) is 7.11 Å². The van der Waals surface area contributed by atoms with Crippen LogP contribution >= 0.6 is 0 Å². The molecule has 20 heavy (non-hydrogen) atoms. The molecule has 0 rings (SSSR count). The molecule has 0 saturated heterocycles. The van der Waals surface area contributed by atoms with Gasteiger partial charge in [0.25, 0.3) is 0 Å². The van der Waals surface area contributed by atoms with E-state index in [1.54, 1.807) is 13.2 Å². The van der Waals surface area contributed by atoms with Crippen molar-refractivity contribution in [2.24, 2.45) is 5.92 Å². The zero-order valence-corrected chi connectivity index (χ0v) is 13.8. The third-order valence-electron chi connectivity index (χ3n) is 2.50. The molecule has 0 spiro atoms. The second-order valence-electron chi connectivity index (χ2n) is 4.56. The highest BCUT2D eigenvalue weighted by molar-refractivity contribution is 5.32. The van der Waals surface area contributed by atoms with Crippen molar-refractivity contribution in [1.82, 2.24) is 0 Å². The van der Waals surface area contributed by atoms with Crippen LogP contribution in [-0.4, -0.2) is 7.11 Å². The van der Waals surface area contributed by atoms with E-state index in [0.717, 1.165) is 23.1 Å². The fourth-order valence-corrected chi connectivity index (χ4v) is 1.11. The molecule has 0 aromatic rings. The van der Waals surface area contributed by atoms with E-state index >= 15 is 0 Å². The van der Waals surface area contributed by atoms with Crippen molar-refractivity contribution in [2.75, 3.05) is 7.11 Å². The number of methoxy groups -OCH3 is 1. The first-order chi connectivity index (χ1) is 9.36. The average Bonchev–Trinajstić information content (AvgIpc) is 2.43. The molecular formula is C19H30O. The second kappa shape index (κ2) is 12.3. The molecule has 0 bridgehead atoms. The van der Waals surface area contributed by atoms with Crippen LogP contribution in [-0.2, 0) is 4.74 Å². The van der Waals surface area contributed by atoms with Gasteiger partial charge in [-0.05, 0) is 18.4 Å². The van der Waals surface area contributed by atoms with Crippen molar-refractivity contribution in [3.05, 3.63) is 73.1 Å². The Balaban J connectivity index is 0. The van der Waals surface area contributed by atoms with Crippen molar-refractivity contribution in [2.45, 2.75) is 34.1 Å². The normalized spacial score (nSPS) is 10.3. The zero-order valence-electron chi connectivity index (χ0n) is 13.8. The fraction of sp³-hybridized carbons (Fsp3) is 0.368. The molecule has 0 radical (unpaired) electrons. The summed E-state index contributed by atoms with van der Waals surface area (Å²) in [5.41, 5.74) is 3.08. The Morgan fingerprint density at radius 3 is 1.75 bits per heavy atom. The number of hydrogen-bond donors (Lipinski definition) is 0. The SMILES string of the molecule is C=C(/C=C\C(=C)OC)CC(=C)/C=C\C(=C)C(C)C.CC. The largest absolute Gasteiger partial charge is 0.497 e. The Morgan fingerprint density at radius 1 is 0.900 bits per heavy atom. The summed E-state index contributed by atoms with van der Waals surface area (Å²) < 4.78 is 4.94. The summed E-state index contributed by atoms with van der Waals surface area (Å²) >= 11 is 0. The van der Waals surface area contributed by atoms with Gasteiger partial charge in [-0.1, -0.05) is 89.0 Å². The van der Waals surface area contributed by atoms with E-state index in [4.69, 9.17) is 4.74 Å². The molecule has 0 N–H and O–H groups in total. The molecule has 0 heterocycles. The molecule has 0 aromatic heterocycles. The molecule has 112 valence electrons. The summed E-state index contributed by atoms with van der Waals surface area (Å²) in [7, 11) is 1.59. The van der Waals surface area contributed by atoms with E-state index in [0.29, 0.717) is 11.7 Å². The lowest BCUT2D eigenvalue weighted by Crippen LogP contribution is -1.88. The predicted molar refractivity (Wildman–Crippen MR) is 92.7 cm³/mol. The van der Waals surface area contributed by atoms with Gasteiger partial charge in [-0.15, -0.1) is 0 Å². The van der Waals surface area contributed by atoms with E-state index in [-0.39, 0.29) is 0 Å². The van der Waals surface area contributed by atoms with Crippen LogP contribution in [0.1, 0.15) is 34.1 Å². The quantitative estimate of drug-likeness (QED) is 0.389. The lowest BCUT2D eigenvalue weighted by Gasteiger charge is -2.04. The Morgan fingerprint density at radius 2 is 1.35 bits per heavy atom. The maximum Gasteiger partial charge on any atom is 0.111 e. The van der Waals surface area contributed by atoms with E-state index in [1.165, 1.54) is 0 Å². The first-order valence-electron chi connectivity index (χ1n) is 7.00. The minimum Gasteiger partial charge on any atom is -0.497 e. The molecule has 0 unspecified atom stereocenters. The van der Waals surface area contributed by atoms with Crippen molar-refractivity contribution in [3.63, 3.8) is 0 Å². The van der Waals surface area contributed by atoms with Crippen LogP contribution in [0.3, 0.4) is 0 Å². The van der Waals surface area contributed by atoms with E-state index < -0.39 is 0 Å². The van der Waals surface area contributed by atoms with Crippen molar-refractivity contribution in [1.29, 1.82) is 0 Å². The van der Waals surface area contributed by atoms with Crippen LogP contribution in [0.5, 0.6) is 0 Å². The van der Waals surface area contributed by atoms with Gasteiger partial charge in [-0.2, -0.15) is 0 Å². The minimum absolute atomic E-state index is 0.460. The molecule has 0 aliphatic carbocycles. The van der Waals surface area contributed by atoms with Gasteiger partial charge < -0.3 is 4.74 Å². The van der Waals surface area contributed by atoms with E-state index in [2.05, 4.69) is 40.2 Å². The minimum atomic E-state index is 0.460. The van der Waals surface area contributed by atoms with Crippen molar-refractivity contribution in [3.8, 4) is 0 Å². The van der Waals surface area contributed by atoms with Gasteiger partial charge in [0.2, 0.25) is 0 Å². The maximum atomic E-state index is 4.94. The standard InChI is InChI=1S/C17H24O.C2H6/c1-13(2)16(5)10-8-14(3)12-15(4)9-11-17(6)18-7;1-2/h8-11,13H,3-6,12H2,1-2,7H3;1-2H3/b10-8-,11-9-;. The highest BCUT2D eigenvalue weighted by atomic mass is 16.5. The van der Waals surface area contributed by atoms with Gasteiger partial charge in [-0.3, -0.25) is 0 Å². The predicted octanol–water partition coefficient (Wildman–Crippen LogP) is 6.00. The lowest BCUT2D eigenvalue weighted by molar-refractivity contribution is 0.309. The zero-order chi connectivity index (χ0) is 16.1. The molecule has 0 atom stereocenters. The van der Waals surface area contributed by atoms with Crippen LogP contribution in [0.4, 0.5) is 0 Å². The molecule has 0 fully saturated rings. The Hall–Kier alpha value is -1.76. The molecule has 0 aromatic carbocycles. The summed E-state index contributed by atoms with van der Waals surface area (Å²) in [5, 5.41) is 0. The van der Waals surface area contributed by atoms with Crippen molar-refractivity contribution < 1.29 is 4.74 Å². The maximum absolute atomic E-state index is 4.94. The van der Waals surface area contributed by atoms with Crippen LogP contribution in [0.25, 0.3) is 0 Å². The Bertz CT molecular complexity index is 392. The second-order valence-corrected chi connectivity index (χ2v) is 4.56. The number of rotatable bonds is 8. The molecule has 0 aliphatic rings. The highest BCUT2D eigenvalue weighted by Crippen LogP contribution is 2.14. The lowest BCUT2D eigenvalue weighted by atomic mass is 10.0. The van der Waals surface area contributed by atoms with Crippen LogP contribution in [0, 0.1) is 5.92 Å². The van der Waals surface area contributed by atoms with Crippen LogP contribution < -0.4 is 0 Å². The summed E-state index contributed by atoms with van der Waals surface area (Å²) in [4.78, 5) is 0. The molecule has 1 nitrogen and oxygen atoms in total. The number of hydrogen-bond acceptors (Lipinski definition) is 1. The highest BCUT2D eigenvalue weighted by Gasteiger charge is 1.96. The summed E-state index contributed by atoms with van der Waals surface area (Å²) in [6.07, 6.45) is 8.43. The molecular weight excluding hydrogens is 244 g/mol. The van der Waals surface area contributed by atoms with Gasteiger partial charge in [0.15, 0.2) is 0 Å². The monoisotopic (exact) mass is 274 g/mol. The van der Waals surface area contributed by atoms with Gasteiger partial charge >= 0.3 is 0 Å². The van der Waals surface area contributed by atoms with Crippen LogP contribution in [0.2, 0.25) is 0 Å². The van der Waals surface area contributed by atoms with Gasteiger partial charge in [0.1, 0.15) is 5.76 Å². The molecule has 0 aliphatic heterocycles. The van der Waals surface area contributed by atoms with Crippen molar-refractivity contribution >= 4 is 0 Å². The fourth-order valence-electron chi connectivity index (χ4n) is 1.11. The molecule has 1 heteroatoms. The summed E-state index contributed by atoms with van der Waals surface area (Å²) in [6, 6.07) is 0. The van der Waals surface area contributed by atoms with E-state index in [9.17, 15) is 0 Å². The smallest absolute Gasteiger partial charge is 0.111 e. The molecule has 0 amide bonds. The third-order valence-corrected chi connectivity index (χ3v) is 2.50. The van der Waals surface area contributed by atoms with E-state index in [1.807, 2.05) is 32.1 Å².